The van der Waals surface area contributed by atoms with Gasteiger partial charge in [-0.3, -0.25) is 14.4 Å². The lowest BCUT2D eigenvalue weighted by atomic mass is 9.55. The number of aliphatic hydroxyl groups excluding tert-OH is 2. The second kappa shape index (κ2) is 7.27. The van der Waals surface area contributed by atoms with Gasteiger partial charge in [0.25, 0.3) is 5.91 Å². The Labute approximate surface area is 199 Å². The monoisotopic (exact) mass is 477 g/mol. The van der Waals surface area contributed by atoms with E-state index in [4.69, 9.17) is 5.73 Å². The average molecular weight is 477 g/mol. The van der Waals surface area contributed by atoms with Crippen molar-refractivity contribution < 1.29 is 39.9 Å². The maximum atomic E-state index is 13.7. The molecule has 5 rings (SSSR count). The van der Waals surface area contributed by atoms with Crippen molar-refractivity contribution in [2.45, 2.75) is 31.0 Å². The highest BCUT2D eigenvalue weighted by atomic mass is 16.3. The van der Waals surface area contributed by atoms with Crippen LogP contribution < -0.4 is 5.73 Å². The van der Waals surface area contributed by atoms with E-state index < -0.39 is 75.3 Å². The van der Waals surface area contributed by atoms with Crippen LogP contribution in [0.1, 0.15) is 30.9 Å². The summed E-state index contributed by atoms with van der Waals surface area (Å²) in [7, 11) is 0. The van der Waals surface area contributed by atoms with Gasteiger partial charge in [-0.25, -0.2) is 0 Å². The van der Waals surface area contributed by atoms with Crippen molar-refractivity contribution in [3.05, 3.63) is 70.5 Å². The van der Waals surface area contributed by atoms with Gasteiger partial charge in [0.2, 0.25) is 5.78 Å². The van der Waals surface area contributed by atoms with Crippen LogP contribution in [0, 0.1) is 11.8 Å². The molecule has 0 spiro atoms. The molecule has 0 aliphatic heterocycles. The first-order chi connectivity index (χ1) is 16.4. The molecule has 1 fully saturated rings. The Bertz CT molecular complexity index is 1390. The lowest BCUT2D eigenvalue weighted by molar-refractivity contribution is -0.152. The molecular weight excluding hydrogens is 454 g/mol. The summed E-state index contributed by atoms with van der Waals surface area (Å²) in [5, 5.41) is 55.7. The molecule has 0 aromatic heterocycles. The van der Waals surface area contributed by atoms with Crippen molar-refractivity contribution in [1.82, 2.24) is 0 Å². The SMILES string of the molecule is C[C@]1(O)c2c(-c3ccccc3)ccc(O)c2C(O)=C2C(=O)[C@]3(O)C(O)=C(C(N)=O)C(=O)C[C@@H]3C[C@@H]21. The summed E-state index contributed by atoms with van der Waals surface area (Å²) < 4.78 is 0. The molecule has 9 heteroatoms. The minimum absolute atomic E-state index is 0.177. The van der Waals surface area contributed by atoms with E-state index in [1.165, 1.54) is 13.0 Å². The van der Waals surface area contributed by atoms with E-state index >= 15 is 0 Å². The number of rotatable bonds is 2. The number of nitrogens with two attached hydrogens (primary N) is 1. The molecule has 1 amide bonds. The number of primary amides is 1. The summed E-state index contributed by atoms with van der Waals surface area (Å²) in [5.74, 6) is -7.79. The lowest BCUT2D eigenvalue weighted by Crippen LogP contribution is -2.60. The van der Waals surface area contributed by atoms with Crippen molar-refractivity contribution in [3.63, 3.8) is 0 Å². The predicted molar refractivity (Wildman–Crippen MR) is 123 cm³/mol. The molecule has 2 aromatic carbocycles. The van der Waals surface area contributed by atoms with E-state index in [-0.39, 0.29) is 17.5 Å². The zero-order chi connectivity index (χ0) is 25.4. The number of aromatic hydroxyl groups is 1. The molecule has 4 atom stereocenters. The van der Waals surface area contributed by atoms with E-state index in [2.05, 4.69) is 0 Å². The fraction of sp³-hybridized carbons (Fsp3) is 0.269. The number of ketones is 2. The van der Waals surface area contributed by atoms with Gasteiger partial charge in [0.15, 0.2) is 11.4 Å². The van der Waals surface area contributed by atoms with Crippen LogP contribution in [-0.4, -0.2) is 48.6 Å². The number of aliphatic hydroxyl groups is 4. The second-order valence-electron chi connectivity index (χ2n) is 9.45. The van der Waals surface area contributed by atoms with Gasteiger partial charge in [-0.2, -0.15) is 0 Å². The number of phenolic OH excluding ortho intramolecular Hbond substituents is 1. The van der Waals surface area contributed by atoms with E-state index in [9.17, 15) is 39.9 Å². The summed E-state index contributed by atoms with van der Waals surface area (Å²) in [6, 6.07) is 11.9. The maximum absolute atomic E-state index is 13.7. The van der Waals surface area contributed by atoms with Gasteiger partial charge in [0.1, 0.15) is 22.8 Å². The van der Waals surface area contributed by atoms with Gasteiger partial charge in [0.05, 0.1) is 11.2 Å². The summed E-state index contributed by atoms with van der Waals surface area (Å²) in [5.41, 5.74) is 0.611. The first-order valence-electron chi connectivity index (χ1n) is 11.0. The number of benzene rings is 2. The lowest BCUT2D eigenvalue weighted by Gasteiger charge is -2.50. The zero-order valence-electron chi connectivity index (χ0n) is 18.6. The number of fused-ring (bicyclic) bond motifs is 3. The van der Waals surface area contributed by atoms with E-state index in [1.807, 2.05) is 6.07 Å². The fourth-order valence-corrected chi connectivity index (χ4v) is 5.86. The molecule has 0 heterocycles. The van der Waals surface area contributed by atoms with Crippen LogP contribution >= 0.6 is 0 Å². The van der Waals surface area contributed by atoms with Gasteiger partial charge >= 0.3 is 0 Å². The number of Topliss-reactive ketones (excluding diaryl/α,β-unsaturated/α-hetero) is 2. The number of carbonyl (C=O) groups excluding carboxylic acids is 3. The molecule has 3 aliphatic carbocycles. The Balaban J connectivity index is 1.80. The highest BCUT2D eigenvalue weighted by molar-refractivity contribution is 6.22. The zero-order valence-corrected chi connectivity index (χ0v) is 18.6. The van der Waals surface area contributed by atoms with Crippen molar-refractivity contribution in [3.8, 4) is 16.9 Å². The molecule has 3 aliphatic rings. The van der Waals surface area contributed by atoms with Crippen molar-refractivity contribution >= 4 is 23.2 Å². The first kappa shape index (κ1) is 22.8. The van der Waals surface area contributed by atoms with Crippen LogP contribution in [0.2, 0.25) is 0 Å². The first-order valence-corrected chi connectivity index (χ1v) is 11.0. The third kappa shape index (κ3) is 2.85. The standard InChI is InChI=1S/C26H23NO8/c1-25(34)14-9-12-10-16(29)19(24(27)33)23(32)26(12,35)22(31)17(14)21(30)18-15(28)8-7-13(20(18)25)11-5-3-2-4-6-11/h2-8,12,14,28,30,32,34-35H,9-10H2,1H3,(H2,27,33)/t12-,14-,25+,26-/m0/s1. The molecule has 7 N–H and O–H groups in total. The minimum Gasteiger partial charge on any atom is -0.508 e. The minimum atomic E-state index is -2.70. The smallest absolute Gasteiger partial charge is 0.255 e. The Morgan fingerprint density at radius 2 is 1.69 bits per heavy atom. The number of phenols is 1. The quantitative estimate of drug-likeness (QED) is 0.354. The molecule has 35 heavy (non-hydrogen) atoms. The molecule has 1 saturated carbocycles. The molecule has 0 saturated heterocycles. The van der Waals surface area contributed by atoms with Crippen molar-refractivity contribution in [2.75, 3.05) is 0 Å². The maximum Gasteiger partial charge on any atom is 0.255 e. The fourth-order valence-electron chi connectivity index (χ4n) is 5.86. The van der Waals surface area contributed by atoms with Crippen LogP contribution in [-0.2, 0) is 20.0 Å². The highest BCUT2D eigenvalue weighted by Gasteiger charge is 2.63. The average Bonchev–Trinajstić information content (AvgIpc) is 2.80. The number of carbonyl (C=O) groups is 3. The summed E-state index contributed by atoms with van der Waals surface area (Å²) in [6.45, 7) is 1.43. The van der Waals surface area contributed by atoms with E-state index in [1.54, 1.807) is 30.3 Å². The molecule has 180 valence electrons. The Hall–Kier alpha value is -3.95. The van der Waals surface area contributed by atoms with E-state index in [0.29, 0.717) is 11.1 Å². The van der Waals surface area contributed by atoms with Crippen LogP contribution in [0.25, 0.3) is 16.9 Å². The number of amides is 1. The Kier molecular flexibility index (Phi) is 4.74. The van der Waals surface area contributed by atoms with Gasteiger partial charge in [0, 0.05) is 29.4 Å². The third-order valence-corrected chi connectivity index (χ3v) is 7.55. The van der Waals surface area contributed by atoms with Gasteiger partial charge in [-0.1, -0.05) is 36.4 Å². The molecule has 0 bridgehead atoms. The van der Waals surface area contributed by atoms with Crippen LogP contribution in [0.4, 0.5) is 0 Å². The summed E-state index contributed by atoms with van der Waals surface area (Å²) in [6.07, 6.45) is -0.649. The topological polar surface area (TPSA) is 178 Å². The van der Waals surface area contributed by atoms with Gasteiger partial charge in [-0.05, 0) is 30.5 Å². The molecule has 2 aromatic rings. The highest BCUT2D eigenvalue weighted by Crippen LogP contribution is 2.58. The Morgan fingerprint density at radius 1 is 1.03 bits per heavy atom. The Morgan fingerprint density at radius 3 is 2.31 bits per heavy atom. The predicted octanol–water partition coefficient (Wildman–Crippen LogP) is 1.76. The molecule has 0 radical (unpaired) electrons. The molecule has 9 nitrogen and oxygen atoms in total. The van der Waals surface area contributed by atoms with Crippen molar-refractivity contribution in [2.24, 2.45) is 17.6 Å². The molecular formula is C26H23NO8. The number of hydrogen-bond acceptors (Lipinski definition) is 8. The summed E-state index contributed by atoms with van der Waals surface area (Å²) in [4.78, 5) is 37.9. The summed E-state index contributed by atoms with van der Waals surface area (Å²) >= 11 is 0. The number of hydrogen-bond donors (Lipinski definition) is 6. The van der Waals surface area contributed by atoms with Crippen LogP contribution in [0.3, 0.4) is 0 Å². The normalized spacial score (nSPS) is 30.0. The van der Waals surface area contributed by atoms with Crippen LogP contribution in [0.15, 0.2) is 59.4 Å². The van der Waals surface area contributed by atoms with Gasteiger partial charge in [-0.15, -0.1) is 0 Å². The molecule has 0 unspecified atom stereocenters. The van der Waals surface area contributed by atoms with Crippen LogP contribution in [0.5, 0.6) is 5.75 Å². The van der Waals surface area contributed by atoms with E-state index in [0.717, 1.165) is 0 Å². The third-order valence-electron chi connectivity index (χ3n) is 7.55. The van der Waals surface area contributed by atoms with Gasteiger partial charge < -0.3 is 31.3 Å². The largest absolute Gasteiger partial charge is 0.508 e. The van der Waals surface area contributed by atoms with Crippen molar-refractivity contribution in [1.29, 1.82) is 0 Å². The second-order valence-corrected chi connectivity index (χ2v) is 9.45.